The van der Waals surface area contributed by atoms with Crippen molar-refractivity contribution < 1.29 is 19.0 Å². The van der Waals surface area contributed by atoms with Gasteiger partial charge in [0.25, 0.3) is 0 Å². The lowest BCUT2D eigenvalue weighted by Crippen LogP contribution is -2.62. The molecule has 0 spiro atoms. The molecule has 21 heavy (non-hydrogen) atoms. The van der Waals surface area contributed by atoms with Crippen molar-refractivity contribution in [1.29, 1.82) is 0 Å². The summed E-state index contributed by atoms with van der Waals surface area (Å²) in [6.07, 6.45) is 0.587. The Hall–Kier alpha value is -0.850. The van der Waals surface area contributed by atoms with Crippen LogP contribution in [0.3, 0.4) is 0 Å². The molecular formula is C15H28N2O4. The van der Waals surface area contributed by atoms with Gasteiger partial charge in [-0.05, 0) is 13.0 Å². The van der Waals surface area contributed by atoms with E-state index in [4.69, 9.17) is 14.2 Å². The van der Waals surface area contributed by atoms with Crippen LogP contribution in [0, 0.1) is 5.41 Å². The zero-order valence-corrected chi connectivity index (χ0v) is 13.4. The molecule has 0 aromatic heterocycles. The van der Waals surface area contributed by atoms with Crippen LogP contribution in [0.15, 0.2) is 0 Å². The summed E-state index contributed by atoms with van der Waals surface area (Å²) in [7, 11) is 0. The van der Waals surface area contributed by atoms with Crippen molar-refractivity contribution in [3.05, 3.63) is 0 Å². The molecule has 0 unspecified atom stereocenters. The van der Waals surface area contributed by atoms with Crippen LogP contribution >= 0.6 is 0 Å². The number of carbonyl (C=O) groups is 1. The zero-order valence-electron chi connectivity index (χ0n) is 13.4. The number of hydrogen-bond donors (Lipinski definition) is 1. The molecule has 0 aliphatic carbocycles. The van der Waals surface area contributed by atoms with Gasteiger partial charge in [-0.1, -0.05) is 20.8 Å². The summed E-state index contributed by atoms with van der Waals surface area (Å²) in [5.41, 5.74) is -0.600. The van der Waals surface area contributed by atoms with Crippen LogP contribution in [-0.2, 0) is 14.2 Å². The Labute approximate surface area is 127 Å². The van der Waals surface area contributed by atoms with Crippen LogP contribution in [-0.4, -0.2) is 69.2 Å². The van der Waals surface area contributed by atoms with Gasteiger partial charge in [-0.2, -0.15) is 0 Å². The minimum absolute atomic E-state index is 0.115. The first-order valence-corrected chi connectivity index (χ1v) is 7.78. The zero-order chi connectivity index (χ0) is 15.3. The number of alkyl carbamates (subject to hydrolysis) is 1. The van der Waals surface area contributed by atoms with Crippen LogP contribution in [0.4, 0.5) is 4.79 Å². The SMILES string of the molecule is CC(C)(C)C1(OC(=O)NCCCN2CCOCC2)COC1. The Morgan fingerprint density at radius 3 is 2.43 bits per heavy atom. The standard InChI is InChI=1S/C15H28N2O4/c1-14(2,3)15(11-20-12-15)21-13(18)16-5-4-6-17-7-9-19-10-8-17/h4-12H2,1-3H3,(H,16,18). The van der Waals surface area contributed by atoms with Gasteiger partial charge < -0.3 is 19.5 Å². The molecule has 2 fully saturated rings. The third kappa shape index (κ3) is 4.31. The van der Waals surface area contributed by atoms with Crippen molar-refractivity contribution in [2.75, 3.05) is 52.6 Å². The van der Waals surface area contributed by atoms with Crippen molar-refractivity contribution in [1.82, 2.24) is 10.2 Å². The van der Waals surface area contributed by atoms with E-state index in [-0.39, 0.29) is 11.5 Å². The normalized spacial score (nSPS) is 22.4. The van der Waals surface area contributed by atoms with Gasteiger partial charge in [0.1, 0.15) is 0 Å². The van der Waals surface area contributed by atoms with E-state index >= 15 is 0 Å². The highest BCUT2D eigenvalue weighted by molar-refractivity contribution is 5.68. The number of hydrogen-bond acceptors (Lipinski definition) is 5. The van der Waals surface area contributed by atoms with Gasteiger partial charge in [-0.3, -0.25) is 4.90 Å². The third-order valence-corrected chi connectivity index (χ3v) is 4.35. The first kappa shape index (κ1) is 16.5. The second kappa shape index (κ2) is 6.94. The first-order valence-electron chi connectivity index (χ1n) is 7.78. The van der Waals surface area contributed by atoms with E-state index in [2.05, 4.69) is 31.0 Å². The van der Waals surface area contributed by atoms with Gasteiger partial charge in [0.15, 0.2) is 5.60 Å². The van der Waals surface area contributed by atoms with Crippen molar-refractivity contribution in [3.63, 3.8) is 0 Å². The minimum atomic E-state index is -0.485. The monoisotopic (exact) mass is 300 g/mol. The van der Waals surface area contributed by atoms with Gasteiger partial charge in [0, 0.05) is 25.0 Å². The molecule has 0 bridgehead atoms. The van der Waals surface area contributed by atoms with Crippen molar-refractivity contribution >= 4 is 6.09 Å². The molecule has 0 atom stereocenters. The Bertz CT molecular complexity index is 344. The lowest BCUT2D eigenvalue weighted by atomic mass is 9.75. The maximum absolute atomic E-state index is 11.9. The average Bonchev–Trinajstić information content (AvgIpc) is 2.39. The molecule has 1 N–H and O–H groups in total. The highest BCUT2D eigenvalue weighted by Gasteiger charge is 2.52. The van der Waals surface area contributed by atoms with E-state index in [0.717, 1.165) is 39.3 Å². The molecule has 0 radical (unpaired) electrons. The number of ether oxygens (including phenoxy) is 3. The van der Waals surface area contributed by atoms with Crippen LogP contribution in [0.5, 0.6) is 0 Å². The highest BCUT2D eigenvalue weighted by Crippen LogP contribution is 2.39. The molecule has 6 heteroatoms. The fraction of sp³-hybridized carbons (Fsp3) is 0.933. The van der Waals surface area contributed by atoms with Gasteiger partial charge in [-0.15, -0.1) is 0 Å². The maximum Gasteiger partial charge on any atom is 0.407 e. The van der Waals surface area contributed by atoms with Crippen LogP contribution in [0.1, 0.15) is 27.2 Å². The Balaban J connectivity index is 1.63. The Morgan fingerprint density at radius 2 is 1.90 bits per heavy atom. The molecule has 6 nitrogen and oxygen atoms in total. The molecule has 2 heterocycles. The van der Waals surface area contributed by atoms with Crippen molar-refractivity contribution in [2.24, 2.45) is 5.41 Å². The third-order valence-electron chi connectivity index (χ3n) is 4.35. The number of amides is 1. The summed E-state index contributed by atoms with van der Waals surface area (Å²) in [5, 5.41) is 2.84. The van der Waals surface area contributed by atoms with E-state index < -0.39 is 5.60 Å². The van der Waals surface area contributed by atoms with Gasteiger partial charge in [0.2, 0.25) is 0 Å². The molecule has 2 saturated heterocycles. The predicted octanol–water partition coefficient (Wildman–Crippen LogP) is 1.25. The topological polar surface area (TPSA) is 60.0 Å². The van der Waals surface area contributed by atoms with E-state index in [0.29, 0.717) is 19.8 Å². The summed E-state index contributed by atoms with van der Waals surface area (Å²) in [6.45, 7) is 12.4. The van der Waals surface area contributed by atoms with E-state index in [1.807, 2.05) is 0 Å². The smallest absolute Gasteiger partial charge is 0.407 e. The highest BCUT2D eigenvalue weighted by atomic mass is 16.6. The fourth-order valence-corrected chi connectivity index (χ4v) is 2.46. The van der Waals surface area contributed by atoms with E-state index in [1.165, 1.54) is 0 Å². The average molecular weight is 300 g/mol. The van der Waals surface area contributed by atoms with Gasteiger partial charge >= 0.3 is 6.09 Å². The summed E-state index contributed by atoms with van der Waals surface area (Å²) in [4.78, 5) is 14.3. The Morgan fingerprint density at radius 1 is 1.24 bits per heavy atom. The number of morpholine rings is 1. The largest absolute Gasteiger partial charge is 0.437 e. The molecule has 122 valence electrons. The molecule has 0 aromatic rings. The van der Waals surface area contributed by atoms with Crippen molar-refractivity contribution in [2.45, 2.75) is 32.8 Å². The number of rotatable bonds is 5. The van der Waals surface area contributed by atoms with E-state index in [9.17, 15) is 4.79 Å². The second-order valence-electron chi connectivity index (χ2n) is 6.86. The molecule has 2 rings (SSSR count). The first-order chi connectivity index (χ1) is 9.93. The van der Waals surface area contributed by atoms with Crippen LogP contribution in [0.25, 0.3) is 0 Å². The minimum Gasteiger partial charge on any atom is -0.437 e. The summed E-state index contributed by atoms with van der Waals surface area (Å²) < 4.78 is 16.2. The summed E-state index contributed by atoms with van der Waals surface area (Å²) in [5.74, 6) is 0. The lowest BCUT2D eigenvalue weighted by molar-refractivity contribution is -0.226. The van der Waals surface area contributed by atoms with Crippen LogP contribution in [0.2, 0.25) is 0 Å². The van der Waals surface area contributed by atoms with Gasteiger partial charge in [0.05, 0.1) is 26.4 Å². The summed E-state index contributed by atoms with van der Waals surface area (Å²) in [6, 6.07) is 0. The second-order valence-corrected chi connectivity index (χ2v) is 6.86. The van der Waals surface area contributed by atoms with Crippen molar-refractivity contribution in [3.8, 4) is 0 Å². The Kier molecular flexibility index (Phi) is 5.46. The molecule has 0 saturated carbocycles. The molecule has 2 aliphatic rings. The molecular weight excluding hydrogens is 272 g/mol. The summed E-state index contributed by atoms with van der Waals surface area (Å²) >= 11 is 0. The fourth-order valence-electron chi connectivity index (χ4n) is 2.46. The predicted molar refractivity (Wildman–Crippen MR) is 79.4 cm³/mol. The molecule has 0 aromatic carbocycles. The lowest BCUT2D eigenvalue weighted by Gasteiger charge is -2.49. The number of nitrogens with one attached hydrogen (secondary N) is 1. The molecule has 1 amide bonds. The van der Waals surface area contributed by atoms with Crippen LogP contribution < -0.4 is 5.32 Å². The van der Waals surface area contributed by atoms with E-state index in [1.54, 1.807) is 0 Å². The quantitative estimate of drug-likeness (QED) is 0.774. The number of carbonyl (C=O) groups excluding carboxylic acids is 1. The molecule has 2 aliphatic heterocycles. The van der Waals surface area contributed by atoms with Gasteiger partial charge in [-0.25, -0.2) is 4.79 Å². The number of nitrogens with zero attached hydrogens (tertiary/aromatic N) is 1. The maximum atomic E-state index is 11.9.